The summed E-state index contributed by atoms with van der Waals surface area (Å²) in [4.78, 5) is 26.2. The summed E-state index contributed by atoms with van der Waals surface area (Å²) in [5, 5.41) is 0. The van der Waals surface area contributed by atoms with E-state index in [9.17, 15) is 9.59 Å². The third-order valence-electron chi connectivity index (χ3n) is 4.68. The highest BCUT2D eigenvalue weighted by atomic mass is 16.5. The van der Waals surface area contributed by atoms with E-state index in [1.165, 1.54) is 11.1 Å². The molecule has 0 bridgehead atoms. The summed E-state index contributed by atoms with van der Waals surface area (Å²) in [6.45, 7) is 4.27. The van der Waals surface area contributed by atoms with Gasteiger partial charge in [-0.25, -0.2) is 4.79 Å². The van der Waals surface area contributed by atoms with Crippen LogP contribution in [0.15, 0.2) is 11.1 Å². The third-order valence-corrected chi connectivity index (χ3v) is 4.68. The van der Waals surface area contributed by atoms with E-state index in [2.05, 4.69) is 0 Å². The van der Waals surface area contributed by atoms with Gasteiger partial charge in [0.1, 0.15) is 5.54 Å². The molecule has 0 aromatic rings. The maximum absolute atomic E-state index is 12.4. The number of ether oxygens (including phenoxy) is 2. The highest BCUT2D eigenvalue weighted by Gasteiger charge is 2.56. The number of amides is 1. The topological polar surface area (TPSA) is 55.8 Å². The molecule has 3 aliphatic rings. The van der Waals surface area contributed by atoms with Crippen LogP contribution in [0.4, 0.5) is 0 Å². The van der Waals surface area contributed by atoms with Gasteiger partial charge in [-0.2, -0.15) is 0 Å². The Balaban J connectivity index is 1.88. The summed E-state index contributed by atoms with van der Waals surface area (Å²) in [7, 11) is 0. The van der Waals surface area contributed by atoms with E-state index in [0.29, 0.717) is 32.4 Å². The Bertz CT molecular complexity index is 462. The first-order valence-corrected chi connectivity index (χ1v) is 7.42. The molecular formula is C15H21NO4. The van der Waals surface area contributed by atoms with Gasteiger partial charge in [-0.15, -0.1) is 0 Å². The van der Waals surface area contributed by atoms with Crippen molar-refractivity contribution in [1.82, 2.24) is 4.90 Å². The Morgan fingerprint density at radius 2 is 2.05 bits per heavy atom. The van der Waals surface area contributed by atoms with Crippen molar-refractivity contribution in [3.8, 4) is 0 Å². The number of hydrogen-bond acceptors (Lipinski definition) is 4. The number of esters is 1. The molecule has 3 aliphatic heterocycles. The molecule has 0 aromatic carbocycles. The van der Waals surface area contributed by atoms with Gasteiger partial charge in [-0.05, 0) is 31.8 Å². The molecule has 0 N–H and O–H groups in total. The van der Waals surface area contributed by atoms with Gasteiger partial charge in [0.15, 0.2) is 0 Å². The number of nitrogens with zero attached hydrogens (tertiary/aromatic N) is 1. The Labute approximate surface area is 118 Å². The van der Waals surface area contributed by atoms with Crippen LogP contribution >= 0.6 is 0 Å². The van der Waals surface area contributed by atoms with Crippen LogP contribution in [0.5, 0.6) is 0 Å². The molecule has 20 heavy (non-hydrogen) atoms. The molecule has 1 amide bonds. The molecule has 1 atom stereocenters. The second-order valence-electron chi connectivity index (χ2n) is 5.73. The average Bonchev–Trinajstić information content (AvgIpc) is 2.99. The predicted octanol–water partition coefficient (Wildman–Crippen LogP) is 1.42. The van der Waals surface area contributed by atoms with Crippen LogP contribution in [0, 0.1) is 0 Å². The van der Waals surface area contributed by atoms with Gasteiger partial charge in [0, 0.05) is 19.4 Å². The summed E-state index contributed by atoms with van der Waals surface area (Å²) in [6.07, 6.45) is 3.57. The minimum absolute atomic E-state index is 0.0840. The summed E-state index contributed by atoms with van der Waals surface area (Å²) >= 11 is 0. The number of rotatable bonds is 2. The molecule has 0 aliphatic carbocycles. The highest BCUT2D eigenvalue weighted by Crippen LogP contribution is 2.44. The van der Waals surface area contributed by atoms with E-state index in [1.807, 2.05) is 6.92 Å². The largest absolute Gasteiger partial charge is 0.464 e. The first-order chi connectivity index (χ1) is 9.67. The van der Waals surface area contributed by atoms with E-state index < -0.39 is 5.54 Å². The maximum atomic E-state index is 12.4. The zero-order chi connectivity index (χ0) is 14.2. The fourth-order valence-corrected chi connectivity index (χ4v) is 3.60. The van der Waals surface area contributed by atoms with Crippen molar-refractivity contribution in [2.75, 3.05) is 26.4 Å². The van der Waals surface area contributed by atoms with Gasteiger partial charge in [0.2, 0.25) is 5.91 Å². The lowest BCUT2D eigenvalue weighted by Gasteiger charge is -2.28. The van der Waals surface area contributed by atoms with Gasteiger partial charge in [0.05, 0.1) is 19.8 Å². The first-order valence-electron chi connectivity index (χ1n) is 7.42. The van der Waals surface area contributed by atoms with E-state index in [-0.39, 0.29) is 11.9 Å². The zero-order valence-electron chi connectivity index (χ0n) is 11.9. The van der Waals surface area contributed by atoms with Gasteiger partial charge >= 0.3 is 5.97 Å². The molecule has 0 radical (unpaired) electrons. The van der Waals surface area contributed by atoms with Crippen LogP contribution in [0.1, 0.15) is 39.0 Å². The van der Waals surface area contributed by atoms with Crippen molar-refractivity contribution in [1.29, 1.82) is 0 Å². The Kier molecular flexibility index (Phi) is 3.54. The van der Waals surface area contributed by atoms with E-state index in [0.717, 1.165) is 26.1 Å². The zero-order valence-corrected chi connectivity index (χ0v) is 11.9. The number of fused-ring (bicyclic) bond motifs is 1. The predicted molar refractivity (Wildman–Crippen MR) is 72.0 cm³/mol. The Hall–Kier alpha value is -1.36. The molecule has 0 unspecified atom stereocenters. The van der Waals surface area contributed by atoms with Gasteiger partial charge < -0.3 is 14.4 Å². The lowest BCUT2D eigenvalue weighted by molar-refractivity contribution is -0.157. The van der Waals surface area contributed by atoms with E-state index >= 15 is 0 Å². The Morgan fingerprint density at radius 1 is 1.30 bits per heavy atom. The second-order valence-corrected chi connectivity index (χ2v) is 5.73. The molecule has 0 spiro atoms. The summed E-state index contributed by atoms with van der Waals surface area (Å²) < 4.78 is 10.6. The average molecular weight is 279 g/mol. The lowest BCUT2D eigenvalue weighted by Crippen LogP contribution is -2.48. The summed E-state index contributed by atoms with van der Waals surface area (Å²) in [5.74, 6) is -0.144. The Morgan fingerprint density at radius 3 is 2.75 bits per heavy atom. The van der Waals surface area contributed by atoms with Gasteiger partial charge in [0.25, 0.3) is 0 Å². The van der Waals surface area contributed by atoms with Crippen molar-refractivity contribution < 1.29 is 19.1 Å². The molecular weight excluding hydrogens is 258 g/mol. The van der Waals surface area contributed by atoms with Crippen molar-refractivity contribution in [3.63, 3.8) is 0 Å². The molecule has 3 rings (SSSR count). The highest BCUT2D eigenvalue weighted by molar-refractivity contribution is 5.93. The first kappa shape index (κ1) is 13.6. The minimum atomic E-state index is -0.715. The van der Waals surface area contributed by atoms with Crippen LogP contribution in [0.25, 0.3) is 0 Å². The van der Waals surface area contributed by atoms with Crippen molar-refractivity contribution in [2.45, 2.75) is 44.6 Å². The smallest absolute Gasteiger partial charge is 0.332 e. The van der Waals surface area contributed by atoms with E-state index in [4.69, 9.17) is 9.47 Å². The molecule has 0 saturated carbocycles. The van der Waals surface area contributed by atoms with Gasteiger partial charge in [-0.1, -0.05) is 5.57 Å². The fourth-order valence-electron chi connectivity index (χ4n) is 3.60. The monoisotopic (exact) mass is 279 g/mol. The molecule has 110 valence electrons. The number of carbonyl (C=O) groups excluding carboxylic acids is 2. The van der Waals surface area contributed by atoms with E-state index in [1.54, 1.807) is 4.90 Å². The van der Waals surface area contributed by atoms with Crippen LogP contribution in [-0.4, -0.2) is 48.7 Å². The van der Waals surface area contributed by atoms with Crippen LogP contribution in [-0.2, 0) is 19.1 Å². The number of hydrogen-bond donors (Lipinski definition) is 0. The fraction of sp³-hybridized carbons (Fsp3) is 0.733. The molecule has 5 nitrogen and oxygen atoms in total. The molecule has 5 heteroatoms. The second kappa shape index (κ2) is 5.20. The van der Waals surface area contributed by atoms with Crippen molar-refractivity contribution in [2.24, 2.45) is 0 Å². The summed E-state index contributed by atoms with van der Waals surface area (Å²) in [5.41, 5.74) is 1.92. The molecule has 0 aromatic heterocycles. The molecule has 3 heterocycles. The van der Waals surface area contributed by atoms with Crippen LogP contribution < -0.4 is 0 Å². The SMILES string of the molecule is CCOC(=O)[C@@]12CCC(=O)N1CC(=C1CCOCC1)C2. The lowest BCUT2D eigenvalue weighted by atomic mass is 9.89. The van der Waals surface area contributed by atoms with Crippen molar-refractivity contribution in [3.05, 3.63) is 11.1 Å². The maximum Gasteiger partial charge on any atom is 0.332 e. The third kappa shape index (κ3) is 2.04. The molecule has 3 saturated heterocycles. The van der Waals surface area contributed by atoms with Crippen LogP contribution in [0.3, 0.4) is 0 Å². The minimum Gasteiger partial charge on any atom is -0.464 e. The standard InChI is InChI=1S/C15H21NO4/c1-2-20-14(18)15-6-3-13(17)16(15)10-12(9-15)11-4-7-19-8-5-11/h2-10H2,1H3/t15-/m0/s1. The van der Waals surface area contributed by atoms with Crippen molar-refractivity contribution >= 4 is 11.9 Å². The summed E-state index contributed by atoms with van der Waals surface area (Å²) in [6, 6.07) is 0. The number of carbonyl (C=O) groups is 2. The van der Waals surface area contributed by atoms with Crippen LogP contribution in [0.2, 0.25) is 0 Å². The quantitative estimate of drug-likeness (QED) is 0.566. The van der Waals surface area contributed by atoms with Gasteiger partial charge in [-0.3, -0.25) is 4.79 Å². The normalized spacial score (nSPS) is 29.9. The molecule has 3 fully saturated rings.